The van der Waals surface area contributed by atoms with Gasteiger partial charge in [-0.15, -0.1) is 6.58 Å². The van der Waals surface area contributed by atoms with Crippen LogP contribution in [0.15, 0.2) is 12.7 Å². The average molecular weight is 282 g/mol. The van der Waals surface area contributed by atoms with Gasteiger partial charge in [-0.2, -0.15) is 0 Å². The SMILES string of the molecule is C=CCCCCCCCCCN(CC)N1CCOCC1. The van der Waals surface area contributed by atoms with Crippen molar-refractivity contribution in [3.8, 4) is 0 Å². The van der Waals surface area contributed by atoms with Gasteiger partial charge in [0.25, 0.3) is 0 Å². The Bertz CT molecular complexity index is 227. The average Bonchev–Trinajstić information content (AvgIpc) is 2.50. The van der Waals surface area contributed by atoms with E-state index in [2.05, 4.69) is 23.5 Å². The molecule has 3 nitrogen and oxygen atoms in total. The predicted octanol–water partition coefficient (Wildman–Crippen LogP) is 3.86. The minimum atomic E-state index is 0.890. The van der Waals surface area contributed by atoms with Gasteiger partial charge >= 0.3 is 0 Å². The molecule has 0 aromatic carbocycles. The summed E-state index contributed by atoms with van der Waals surface area (Å²) in [5.74, 6) is 0. The lowest BCUT2D eigenvalue weighted by molar-refractivity contribution is -0.0880. The number of hydrogen-bond donors (Lipinski definition) is 0. The van der Waals surface area contributed by atoms with Crippen LogP contribution >= 0.6 is 0 Å². The molecule has 1 saturated heterocycles. The zero-order valence-electron chi connectivity index (χ0n) is 13.5. The van der Waals surface area contributed by atoms with Crippen LogP contribution in [0.3, 0.4) is 0 Å². The maximum Gasteiger partial charge on any atom is 0.0608 e. The Morgan fingerprint density at radius 1 is 1.00 bits per heavy atom. The fourth-order valence-corrected chi connectivity index (χ4v) is 2.80. The molecule has 3 heteroatoms. The number of ether oxygens (including phenoxy) is 1. The summed E-state index contributed by atoms with van der Waals surface area (Å²) in [5, 5.41) is 4.98. The first-order valence-electron chi connectivity index (χ1n) is 8.57. The van der Waals surface area contributed by atoms with E-state index in [-0.39, 0.29) is 0 Å². The van der Waals surface area contributed by atoms with Crippen LogP contribution in [0.5, 0.6) is 0 Å². The Morgan fingerprint density at radius 3 is 2.20 bits per heavy atom. The van der Waals surface area contributed by atoms with Crippen molar-refractivity contribution in [2.24, 2.45) is 0 Å². The zero-order valence-corrected chi connectivity index (χ0v) is 13.5. The molecule has 0 aromatic heterocycles. The van der Waals surface area contributed by atoms with Gasteiger partial charge in [-0.05, 0) is 19.3 Å². The standard InChI is InChI=1S/C17H34N2O/c1-3-5-6-7-8-9-10-11-12-13-18(4-2)19-14-16-20-17-15-19/h3H,1,4-17H2,2H3. The summed E-state index contributed by atoms with van der Waals surface area (Å²) in [4.78, 5) is 0. The van der Waals surface area contributed by atoms with Crippen molar-refractivity contribution in [1.82, 2.24) is 10.0 Å². The second-order valence-corrected chi connectivity index (χ2v) is 5.66. The third-order valence-electron chi connectivity index (χ3n) is 4.08. The molecule has 1 rings (SSSR count). The molecular weight excluding hydrogens is 248 g/mol. The van der Waals surface area contributed by atoms with Crippen molar-refractivity contribution in [1.29, 1.82) is 0 Å². The Balaban J connectivity index is 1.94. The lowest BCUT2D eigenvalue weighted by Gasteiger charge is -2.36. The first-order chi connectivity index (χ1) is 9.88. The highest BCUT2D eigenvalue weighted by Crippen LogP contribution is 2.10. The molecule has 0 atom stereocenters. The van der Waals surface area contributed by atoms with Crippen molar-refractivity contribution in [3.05, 3.63) is 12.7 Å². The second kappa shape index (κ2) is 12.4. The summed E-state index contributed by atoms with van der Waals surface area (Å²) in [6, 6.07) is 0. The van der Waals surface area contributed by atoms with E-state index in [1.807, 2.05) is 6.08 Å². The molecule has 0 aromatic rings. The first kappa shape index (κ1) is 17.7. The zero-order chi connectivity index (χ0) is 14.5. The van der Waals surface area contributed by atoms with Gasteiger partial charge in [-0.3, -0.25) is 0 Å². The highest BCUT2D eigenvalue weighted by molar-refractivity contribution is 4.65. The summed E-state index contributed by atoms with van der Waals surface area (Å²) in [6.45, 7) is 12.3. The van der Waals surface area contributed by atoms with Crippen molar-refractivity contribution in [3.63, 3.8) is 0 Å². The van der Waals surface area contributed by atoms with E-state index in [9.17, 15) is 0 Å². The minimum absolute atomic E-state index is 0.890. The monoisotopic (exact) mass is 282 g/mol. The number of morpholine rings is 1. The van der Waals surface area contributed by atoms with Crippen LogP contribution in [0.1, 0.15) is 58.3 Å². The van der Waals surface area contributed by atoms with E-state index in [1.54, 1.807) is 0 Å². The molecule has 118 valence electrons. The fraction of sp³-hybridized carbons (Fsp3) is 0.882. The molecule has 0 radical (unpaired) electrons. The van der Waals surface area contributed by atoms with Crippen LogP contribution in [-0.2, 0) is 4.74 Å². The number of unbranched alkanes of at least 4 members (excludes halogenated alkanes) is 7. The molecule has 20 heavy (non-hydrogen) atoms. The Labute approximate surface area is 125 Å². The number of rotatable bonds is 12. The van der Waals surface area contributed by atoms with Gasteiger partial charge in [0, 0.05) is 26.2 Å². The largest absolute Gasteiger partial charge is 0.379 e. The van der Waals surface area contributed by atoms with Crippen molar-refractivity contribution in [2.45, 2.75) is 58.3 Å². The van der Waals surface area contributed by atoms with Crippen LogP contribution in [0.4, 0.5) is 0 Å². The Morgan fingerprint density at radius 2 is 1.60 bits per heavy atom. The quantitative estimate of drug-likeness (QED) is 0.399. The molecule has 1 fully saturated rings. The lowest BCUT2D eigenvalue weighted by atomic mass is 10.1. The molecule has 1 heterocycles. The maximum absolute atomic E-state index is 5.42. The summed E-state index contributed by atoms with van der Waals surface area (Å²) in [5.41, 5.74) is 0. The summed E-state index contributed by atoms with van der Waals surface area (Å²) >= 11 is 0. The third-order valence-corrected chi connectivity index (χ3v) is 4.08. The molecule has 1 aliphatic heterocycles. The third kappa shape index (κ3) is 8.03. The highest BCUT2D eigenvalue weighted by atomic mass is 16.5. The summed E-state index contributed by atoms with van der Waals surface area (Å²) in [6.07, 6.45) is 12.8. The van der Waals surface area contributed by atoms with E-state index >= 15 is 0 Å². The van der Waals surface area contributed by atoms with Crippen LogP contribution in [0.25, 0.3) is 0 Å². The second-order valence-electron chi connectivity index (χ2n) is 5.66. The number of nitrogens with zero attached hydrogens (tertiary/aromatic N) is 2. The molecule has 0 unspecified atom stereocenters. The molecule has 0 saturated carbocycles. The van der Waals surface area contributed by atoms with E-state index in [4.69, 9.17) is 4.74 Å². The predicted molar refractivity (Wildman–Crippen MR) is 86.8 cm³/mol. The van der Waals surface area contributed by atoms with Gasteiger partial charge in [-0.1, -0.05) is 45.1 Å². The lowest BCUT2D eigenvalue weighted by Crippen LogP contribution is -2.49. The molecule has 1 aliphatic rings. The van der Waals surface area contributed by atoms with Crippen molar-refractivity contribution >= 4 is 0 Å². The van der Waals surface area contributed by atoms with E-state index in [0.717, 1.165) is 32.8 Å². The maximum atomic E-state index is 5.42. The van der Waals surface area contributed by atoms with E-state index in [0.29, 0.717) is 0 Å². The smallest absolute Gasteiger partial charge is 0.0608 e. The van der Waals surface area contributed by atoms with Gasteiger partial charge in [0.1, 0.15) is 0 Å². The molecule has 0 aliphatic carbocycles. The Kier molecular flexibility index (Phi) is 10.9. The highest BCUT2D eigenvalue weighted by Gasteiger charge is 2.16. The molecular formula is C17H34N2O. The number of hydrogen-bond acceptors (Lipinski definition) is 3. The Hall–Kier alpha value is -0.380. The molecule has 0 bridgehead atoms. The van der Waals surface area contributed by atoms with Crippen molar-refractivity contribution < 1.29 is 4.74 Å². The van der Waals surface area contributed by atoms with Gasteiger partial charge < -0.3 is 4.74 Å². The molecule has 0 spiro atoms. The fourth-order valence-electron chi connectivity index (χ4n) is 2.80. The summed E-state index contributed by atoms with van der Waals surface area (Å²) < 4.78 is 5.42. The van der Waals surface area contributed by atoms with Crippen molar-refractivity contribution in [2.75, 3.05) is 39.4 Å². The van der Waals surface area contributed by atoms with Gasteiger partial charge in [0.2, 0.25) is 0 Å². The topological polar surface area (TPSA) is 15.7 Å². The van der Waals surface area contributed by atoms with Crippen LogP contribution in [0.2, 0.25) is 0 Å². The van der Waals surface area contributed by atoms with Crippen LogP contribution in [-0.4, -0.2) is 49.4 Å². The molecule has 0 N–H and O–H groups in total. The first-order valence-corrected chi connectivity index (χ1v) is 8.57. The summed E-state index contributed by atoms with van der Waals surface area (Å²) in [7, 11) is 0. The minimum Gasteiger partial charge on any atom is -0.379 e. The molecule has 0 amide bonds. The van der Waals surface area contributed by atoms with Gasteiger partial charge in [-0.25, -0.2) is 10.0 Å². The van der Waals surface area contributed by atoms with Gasteiger partial charge in [0.05, 0.1) is 13.2 Å². The van der Waals surface area contributed by atoms with Crippen LogP contribution < -0.4 is 0 Å². The van der Waals surface area contributed by atoms with Crippen LogP contribution in [0, 0.1) is 0 Å². The normalized spacial score (nSPS) is 16.7. The van der Waals surface area contributed by atoms with E-state index in [1.165, 1.54) is 57.9 Å². The number of allylic oxidation sites excluding steroid dienone is 1. The number of hydrazine groups is 1. The van der Waals surface area contributed by atoms with E-state index < -0.39 is 0 Å². The van der Waals surface area contributed by atoms with Gasteiger partial charge in [0.15, 0.2) is 0 Å².